The second-order valence-electron chi connectivity index (χ2n) is 4.15. The summed E-state index contributed by atoms with van der Waals surface area (Å²) in [6, 6.07) is 11.1. The van der Waals surface area contributed by atoms with E-state index in [9.17, 15) is 9.50 Å². The van der Waals surface area contributed by atoms with Crippen molar-refractivity contribution >= 4 is 11.6 Å². The number of benzene rings is 2. The van der Waals surface area contributed by atoms with Crippen molar-refractivity contribution in [3.8, 4) is 11.5 Å². The van der Waals surface area contributed by atoms with Gasteiger partial charge in [-0.2, -0.15) is 0 Å². The number of aliphatic hydroxyl groups is 1. The van der Waals surface area contributed by atoms with E-state index in [0.717, 1.165) is 0 Å². The molecule has 0 fully saturated rings. The molecule has 5 heteroatoms. The Labute approximate surface area is 121 Å². The highest BCUT2D eigenvalue weighted by Crippen LogP contribution is 2.30. The van der Waals surface area contributed by atoms with E-state index in [1.54, 1.807) is 30.3 Å². The van der Waals surface area contributed by atoms with Crippen molar-refractivity contribution in [3.63, 3.8) is 0 Å². The van der Waals surface area contributed by atoms with Crippen LogP contribution in [0.4, 0.5) is 4.39 Å². The highest BCUT2D eigenvalue weighted by Gasteiger charge is 2.14. The first-order valence-electron chi connectivity index (χ1n) is 6.00. The zero-order valence-corrected chi connectivity index (χ0v) is 11.6. The Hall–Kier alpha value is -1.78. The fourth-order valence-corrected chi connectivity index (χ4v) is 1.86. The zero-order valence-electron chi connectivity index (χ0n) is 10.8. The standard InChI is InChI=1S/C15H14ClFO3/c1-19-14-4-2-3-12(17)15(14)20-9-13(18)10-5-7-11(16)8-6-10/h2-8,13,18H,9H2,1H3. The summed E-state index contributed by atoms with van der Waals surface area (Å²) >= 11 is 5.77. The van der Waals surface area contributed by atoms with Gasteiger partial charge in [0.15, 0.2) is 17.3 Å². The number of hydrogen-bond acceptors (Lipinski definition) is 3. The van der Waals surface area contributed by atoms with Crippen LogP contribution >= 0.6 is 11.6 Å². The summed E-state index contributed by atoms with van der Waals surface area (Å²) in [5, 5.41) is 10.6. The van der Waals surface area contributed by atoms with Gasteiger partial charge in [-0.25, -0.2) is 4.39 Å². The molecule has 0 radical (unpaired) electrons. The lowest BCUT2D eigenvalue weighted by Crippen LogP contribution is -2.11. The minimum Gasteiger partial charge on any atom is -0.493 e. The largest absolute Gasteiger partial charge is 0.493 e. The number of hydrogen-bond donors (Lipinski definition) is 1. The van der Waals surface area contributed by atoms with Gasteiger partial charge in [0.05, 0.1) is 7.11 Å². The molecule has 0 bridgehead atoms. The van der Waals surface area contributed by atoms with Crippen LogP contribution in [0.3, 0.4) is 0 Å². The van der Waals surface area contributed by atoms with E-state index < -0.39 is 11.9 Å². The SMILES string of the molecule is COc1cccc(F)c1OCC(O)c1ccc(Cl)cc1. The third kappa shape index (κ3) is 3.40. The second-order valence-corrected chi connectivity index (χ2v) is 4.59. The summed E-state index contributed by atoms with van der Waals surface area (Å²) in [6.07, 6.45) is -0.878. The van der Waals surface area contributed by atoms with Crippen molar-refractivity contribution in [1.82, 2.24) is 0 Å². The number of methoxy groups -OCH3 is 1. The molecular weight excluding hydrogens is 283 g/mol. The highest BCUT2D eigenvalue weighted by atomic mass is 35.5. The van der Waals surface area contributed by atoms with Gasteiger partial charge in [-0.3, -0.25) is 0 Å². The molecule has 0 aromatic heterocycles. The van der Waals surface area contributed by atoms with Crippen LogP contribution < -0.4 is 9.47 Å². The van der Waals surface area contributed by atoms with Gasteiger partial charge < -0.3 is 14.6 Å². The summed E-state index contributed by atoms with van der Waals surface area (Å²) < 4.78 is 24.0. The van der Waals surface area contributed by atoms with E-state index in [2.05, 4.69) is 0 Å². The van der Waals surface area contributed by atoms with Gasteiger partial charge in [0.1, 0.15) is 12.7 Å². The fourth-order valence-electron chi connectivity index (χ4n) is 1.73. The van der Waals surface area contributed by atoms with E-state index in [1.165, 1.54) is 19.2 Å². The van der Waals surface area contributed by atoms with E-state index in [0.29, 0.717) is 10.6 Å². The highest BCUT2D eigenvalue weighted by molar-refractivity contribution is 6.30. The Morgan fingerprint density at radius 1 is 1.20 bits per heavy atom. The minimum atomic E-state index is -0.878. The fraction of sp³-hybridized carbons (Fsp3) is 0.200. The minimum absolute atomic E-state index is 0.0111. The molecule has 3 nitrogen and oxygen atoms in total. The van der Waals surface area contributed by atoms with Crippen molar-refractivity contribution in [2.24, 2.45) is 0 Å². The molecule has 0 spiro atoms. The van der Waals surface area contributed by atoms with Crippen molar-refractivity contribution in [2.45, 2.75) is 6.10 Å². The Morgan fingerprint density at radius 3 is 2.55 bits per heavy atom. The monoisotopic (exact) mass is 296 g/mol. The quantitative estimate of drug-likeness (QED) is 0.916. The maximum atomic E-state index is 13.6. The third-order valence-electron chi connectivity index (χ3n) is 2.79. The van der Waals surface area contributed by atoms with Crippen LogP contribution in [0.15, 0.2) is 42.5 Å². The zero-order chi connectivity index (χ0) is 14.5. The Morgan fingerprint density at radius 2 is 1.90 bits per heavy atom. The predicted octanol–water partition coefficient (Wildman–Crippen LogP) is 3.60. The summed E-state index contributed by atoms with van der Waals surface area (Å²) in [5.74, 6) is -0.260. The lowest BCUT2D eigenvalue weighted by Gasteiger charge is -2.15. The molecule has 1 N–H and O–H groups in total. The molecule has 0 aliphatic heterocycles. The van der Waals surface area contributed by atoms with Gasteiger partial charge in [0, 0.05) is 5.02 Å². The van der Waals surface area contributed by atoms with Crippen LogP contribution in [0.1, 0.15) is 11.7 Å². The first-order valence-corrected chi connectivity index (χ1v) is 6.38. The number of halogens is 2. The van der Waals surface area contributed by atoms with Crippen molar-refractivity contribution in [1.29, 1.82) is 0 Å². The Bertz CT molecular complexity index is 572. The average molecular weight is 297 g/mol. The van der Waals surface area contributed by atoms with Crippen LogP contribution in [-0.2, 0) is 0 Å². The van der Waals surface area contributed by atoms with E-state index in [-0.39, 0.29) is 18.1 Å². The van der Waals surface area contributed by atoms with Crippen LogP contribution in [-0.4, -0.2) is 18.8 Å². The maximum absolute atomic E-state index is 13.6. The number of rotatable bonds is 5. The van der Waals surface area contributed by atoms with Gasteiger partial charge >= 0.3 is 0 Å². The van der Waals surface area contributed by atoms with Gasteiger partial charge in [-0.15, -0.1) is 0 Å². The number of ether oxygens (including phenoxy) is 2. The van der Waals surface area contributed by atoms with Gasteiger partial charge in [-0.1, -0.05) is 29.8 Å². The number of para-hydroxylation sites is 1. The first kappa shape index (κ1) is 14.6. The lowest BCUT2D eigenvalue weighted by atomic mass is 10.1. The molecule has 20 heavy (non-hydrogen) atoms. The van der Waals surface area contributed by atoms with Crippen molar-refractivity contribution in [2.75, 3.05) is 13.7 Å². The summed E-state index contributed by atoms with van der Waals surface area (Å²) in [6.45, 7) is -0.0844. The molecule has 0 heterocycles. The molecule has 0 amide bonds. The smallest absolute Gasteiger partial charge is 0.197 e. The van der Waals surface area contributed by atoms with Crippen LogP contribution in [0.2, 0.25) is 5.02 Å². The van der Waals surface area contributed by atoms with Crippen molar-refractivity contribution in [3.05, 3.63) is 58.9 Å². The van der Waals surface area contributed by atoms with E-state index in [1.807, 2.05) is 0 Å². The van der Waals surface area contributed by atoms with E-state index >= 15 is 0 Å². The lowest BCUT2D eigenvalue weighted by molar-refractivity contribution is 0.104. The van der Waals surface area contributed by atoms with Crippen molar-refractivity contribution < 1.29 is 19.0 Å². The Kier molecular flexibility index (Phi) is 4.82. The molecular formula is C15H14ClFO3. The summed E-state index contributed by atoms with van der Waals surface area (Å²) in [7, 11) is 1.43. The molecule has 0 aliphatic carbocycles. The van der Waals surface area contributed by atoms with Gasteiger partial charge in [0.25, 0.3) is 0 Å². The topological polar surface area (TPSA) is 38.7 Å². The molecule has 2 aromatic rings. The molecule has 0 saturated carbocycles. The average Bonchev–Trinajstić information content (AvgIpc) is 2.46. The molecule has 0 aliphatic rings. The van der Waals surface area contributed by atoms with Gasteiger partial charge in [0.2, 0.25) is 0 Å². The molecule has 2 rings (SSSR count). The third-order valence-corrected chi connectivity index (χ3v) is 3.04. The molecule has 0 saturated heterocycles. The summed E-state index contributed by atoms with van der Waals surface area (Å²) in [5.41, 5.74) is 0.643. The van der Waals surface area contributed by atoms with E-state index in [4.69, 9.17) is 21.1 Å². The summed E-state index contributed by atoms with van der Waals surface area (Å²) in [4.78, 5) is 0. The predicted molar refractivity (Wildman–Crippen MR) is 74.9 cm³/mol. The molecule has 1 unspecified atom stereocenters. The number of aliphatic hydroxyl groups excluding tert-OH is 1. The molecule has 2 aromatic carbocycles. The van der Waals surface area contributed by atoms with Gasteiger partial charge in [-0.05, 0) is 29.8 Å². The first-order chi connectivity index (χ1) is 9.61. The molecule has 1 atom stereocenters. The van der Waals surface area contributed by atoms with Crippen LogP contribution in [0.5, 0.6) is 11.5 Å². The maximum Gasteiger partial charge on any atom is 0.197 e. The molecule has 106 valence electrons. The second kappa shape index (κ2) is 6.59. The van der Waals surface area contributed by atoms with Crippen LogP contribution in [0.25, 0.3) is 0 Å². The van der Waals surface area contributed by atoms with Crippen LogP contribution in [0, 0.1) is 5.82 Å². The normalized spacial score (nSPS) is 12.0. The Balaban J connectivity index is 2.07.